The van der Waals surface area contributed by atoms with Gasteiger partial charge in [-0.05, 0) is 57.0 Å². The molecule has 1 atom stereocenters. The van der Waals surface area contributed by atoms with Crippen LogP contribution < -0.4 is 19.1 Å². The van der Waals surface area contributed by atoms with Gasteiger partial charge in [0, 0.05) is 12.2 Å². The number of aromatic nitrogens is 1. The number of methoxy groups -OCH3 is 1. The first kappa shape index (κ1) is 23.6. The molecule has 0 radical (unpaired) electrons. The van der Waals surface area contributed by atoms with E-state index >= 15 is 0 Å². The molecule has 3 aromatic rings. The smallest absolute Gasteiger partial charge is 0.260 e. The molecule has 1 aromatic heterocycles. The molecule has 9 heteroatoms. The number of hydrogen-bond acceptors (Lipinski definition) is 7. The molecule has 1 fully saturated rings. The van der Waals surface area contributed by atoms with Gasteiger partial charge in [-0.1, -0.05) is 22.9 Å². The van der Waals surface area contributed by atoms with Crippen LogP contribution in [-0.2, 0) is 4.74 Å². The third kappa shape index (κ3) is 5.03. The Morgan fingerprint density at radius 1 is 1.18 bits per heavy atom. The van der Waals surface area contributed by atoms with E-state index in [4.69, 9.17) is 35.5 Å². The molecule has 4 rings (SSSR count). The van der Waals surface area contributed by atoms with Crippen molar-refractivity contribution in [2.75, 3.05) is 38.4 Å². The summed E-state index contributed by atoms with van der Waals surface area (Å²) in [5, 5.41) is 1.11. The van der Waals surface area contributed by atoms with Gasteiger partial charge >= 0.3 is 0 Å². The van der Waals surface area contributed by atoms with Gasteiger partial charge in [0.25, 0.3) is 5.91 Å². The van der Waals surface area contributed by atoms with Crippen molar-refractivity contribution < 1.29 is 23.7 Å². The zero-order valence-corrected chi connectivity index (χ0v) is 20.5. The van der Waals surface area contributed by atoms with E-state index < -0.39 is 0 Å². The van der Waals surface area contributed by atoms with Crippen LogP contribution in [0.25, 0.3) is 10.2 Å². The summed E-state index contributed by atoms with van der Waals surface area (Å²) in [4.78, 5) is 20.2. The lowest BCUT2D eigenvalue weighted by molar-refractivity contribution is 0.0917. The number of hydrogen-bond donors (Lipinski definition) is 0. The van der Waals surface area contributed by atoms with E-state index in [1.165, 1.54) is 11.3 Å². The monoisotopic (exact) mass is 490 g/mol. The zero-order chi connectivity index (χ0) is 23.4. The largest absolute Gasteiger partial charge is 0.494 e. The molecule has 1 aliphatic heterocycles. The zero-order valence-electron chi connectivity index (χ0n) is 18.9. The van der Waals surface area contributed by atoms with Crippen LogP contribution in [0.4, 0.5) is 5.13 Å². The van der Waals surface area contributed by atoms with Crippen LogP contribution in [-0.4, -0.2) is 50.5 Å². The number of rotatable bonds is 9. The van der Waals surface area contributed by atoms with Crippen molar-refractivity contribution in [2.45, 2.75) is 32.8 Å². The van der Waals surface area contributed by atoms with Gasteiger partial charge in [-0.2, -0.15) is 0 Å². The minimum absolute atomic E-state index is 0.0487. The first-order chi connectivity index (χ1) is 16.0. The number of carbonyl (C=O) groups excluding carboxylic acids is 1. The van der Waals surface area contributed by atoms with Crippen molar-refractivity contribution in [2.24, 2.45) is 0 Å². The molecule has 33 heavy (non-hydrogen) atoms. The fraction of sp³-hybridized carbons (Fsp3) is 0.417. The lowest BCUT2D eigenvalue weighted by atomic mass is 10.1. The Hall–Kier alpha value is -2.55. The van der Waals surface area contributed by atoms with Crippen LogP contribution in [0.15, 0.2) is 30.3 Å². The van der Waals surface area contributed by atoms with Crippen LogP contribution in [0.2, 0.25) is 5.02 Å². The highest BCUT2D eigenvalue weighted by molar-refractivity contribution is 7.23. The lowest BCUT2D eigenvalue weighted by Crippen LogP contribution is -2.37. The van der Waals surface area contributed by atoms with E-state index in [9.17, 15) is 4.79 Å². The van der Waals surface area contributed by atoms with E-state index in [0.717, 1.165) is 17.5 Å². The summed E-state index contributed by atoms with van der Waals surface area (Å²) in [5.41, 5.74) is 1.12. The summed E-state index contributed by atoms with van der Waals surface area (Å²) in [7, 11) is 1.59. The van der Waals surface area contributed by atoms with Crippen LogP contribution in [0.5, 0.6) is 17.2 Å². The van der Waals surface area contributed by atoms with E-state index in [2.05, 4.69) is 0 Å². The standard InChI is InChI=1S/C24H27ClN2O5S/c1-4-30-18-10-8-15(13-20(18)31-5-2)23(28)27(14-16-7-6-12-32-16)24-26-21-19(29-3)11-9-17(25)22(21)33-24/h8-11,13,16H,4-7,12,14H2,1-3H3. The third-order valence-electron chi connectivity index (χ3n) is 5.34. The highest BCUT2D eigenvalue weighted by Gasteiger charge is 2.28. The summed E-state index contributed by atoms with van der Waals surface area (Å²) in [6.45, 7) is 5.87. The number of anilines is 1. The predicted molar refractivity (Wildman–Crippen MR) is 131 cm³/mol. The van der Waals surface area contributed by atoms with Gasteiger partial charge in [0.1, 0.15) is 11.3 Å². The Balaban J connectivity index is 1.75. The fourth-order valence-corrected chi connectivity index (χ4v) is 5.06. The summed E-state index contributed by atoms with van der Waals surface area (Å²) in [6.07, 6.45) is 1.82. The first-order valence-corrected chi connectivity index (χ1v) is 12.2. The Labute approximate surface area is 202 Å². The number of nitrogens with zero attached hydrogens (tertiary/aromatic N) is 2. The van der Waals surface area contributed by atoms with Gasteiger partial charge in [0.15, 0.2) is 16.6 Å². The van der Waals surface area contributed by atoms with Gasteiger partial charge < -0.3 is 18.9 Å². The topological polar surface area (TPSA) is 70.1 Å². The Morgan fingerprint density at radius 3 is 2.64 bits per heavy atom. The minimum Gasteiger partial charge on any atom is -0.494 e. The molecule has 0 aliphatic carbocycles. The molecule has 1 aliphatic rings. The van der Waals surface area contributed by atoms with Crippen LogP contribution in [0, 0.1) is 0 Å². The van der Waals surface area contributed by atoms with Crippen molar-refractivity contribution >= 4 is 44.2 Å². The maximum Gasteiger partial charge on any atom is 0.260 e. The predicted octanol–water partition coefficient (Wildman–Crippen LogP) is 5.58. The summed E-state index contributed by atoms with van der Waals surface area (Å²) in [6, 6.07) is 8.79. The molecule has 0 N–H and O–H groups in total. The third-order valence-corrected chi connectivity index (χ3v) is 6.88. The van der Waals surface area contributed by atoms with Crippen LogP contribution >= 0.6 is 22.9 Å². The highest BCUT2D eigenvalue weighted by atomic mass is 35.5. The molecule has 0 saturated carbocycles. The van der Waals surface area contributed by atoms with E-state index in [1.807, 2.05) is 13.8 Å². The molecular weight excluding hydrogens is 464 g/mol. The summed E-state index contributed by atoms with van der Waals surface area (Å²) < 4.78 is 23.4. The van der Waals surface area contributed by atoms with E-state index in [0.29, 0.717) is 64.8 Å². The first-order valence-electron chi connectivity index (χ1n) is 11.0. The molecule has 2 aromatic carbocycles. The van der Waals surface area contributed by atoms with Crippen molar-refractivity contribution in [3.05, 3.63) is 40.9 Å². The number of thiazole rings is 1. The highest BCUT2D eigenvalue weighted by Crippen LogP contribution is 2.39. The van der Waals surface area contributed by atoms with E-state index in [1.54, 1.807) is 42.3 Å². The van der Waals surface area contributed by atoms with Gasteiger partial charge in [-0.25, -0.2) is 4.98 Å². The van der Waals surface area contributed by atoms with Gasteiger partial charge in [0.2, 0.25) is 0 Å². The summed E-state index contributed by atoms with van der Waals surface area (Å²) >= 11 is 7.79. The molecule has 1 amide bonds. The van der Waals surface area contributed by atoms with Crippen molar-refractivity contribution in [3.8, 4) is 17.2 Å². The minimum atomic E-state index is -0.191. The van der Waals surface area contributed by atoms with Crippen LogP contribution in [0.1, 0.15) is 37.0 Å². The molecule has 0 spiro atoms. The molecular formula is C24H27ClN2O5S. The van der Waals surface area contributed by atoms with Crippen molar-refractivity contribution in [1.29, 1.82) is 0 Å². The molecule has 176 valence electrons. The SMILES string of the molecule is CCOc1ccc(C(=O)N(CC2CCCO2)c2nc3c(OC)ccc(Cl)c3s2)cc1OCC. The second-order valence-corrected chi connectivity index (χ2v) is 8.89. The second kappa shape index (κ2) is 10.6. The molecule has 1 saturated heterocycles. The number of amides is 1. The number of benzene rings is 2. The fourth-order valence-electron chi connectivity index (χ4n) is 3.80. The Bertz CT molecular complexity index is 1130. The number of halogens is 1. The quantitative estimate of drug-likeness (QED) is 0.390. The van der Waals surface area contributed by atoms with Crippen molar-refractivity contribution in [3.63, 3.8) is 0 Å². The second-order valence-electron chi connectivity index (χ2n) is 7.50. The Morgan fingerprint density at radius 2 is 1.94 bits per heavy atom. The maximum absolute atomic E-state index is 13.8. The molecule has 0 bridgehead atoms. The van der Waals surface area contributed by atoms with E-state index in [-0.39, 0.29) is 12.0 Å². The van der Waals surface area contributed by atoms with Crippen molar-refractivity contribution in [1.82, 2.24) is 4.98 Å². The number of ether oxygens (including phenoxy) is 4. The van der Waals surface area contributed by atoms with Gasteiger partial charge in [-0.15, -0.1) is 0 Å². The molecule has 1 unspecified atom stereocenters. The van der Waals surface area contributed by atoms with Gasteiger partial charge in [0.05, 0.1) is 42.7 Å². The normalized spacial score (nSPS) is 15.6. The summed E-state index contributed by atoms with van der Waals surface area (Å²) in [5.74, 6) is 1.57. The Kier molecular flexibility index (Phi) is 7.57. The average molecular weight is 491 g/mol. The molecule has 2 heterocycles. The number of carbonyl (C=O) groups is 1. The average Bonchev–Trinajstić information content (AvgIpc) is 3.49. The molecule has 7 nitrogen and oxygen atoms in total. The lowest BCUT2D eigenvalue weighted by Gasteiger charge is -2.23. The van der Waals surface area contributed by atoms with Gasteiger partial charge in [-0.3, -0.25) is 9.69 Å². The van der Waals surface area contributed by atoms with Crippen LogP contribution in [0.3, 0.4) is 0 Å². The maximum atomic E-state index is 13.8. The number of fused-ring (bicyclic) bond motifs is 1.